The Hall–Kier alpha value is -2.80. The van der Waals surface area contributed by atoms with E-state index in [-0.39, 0.29) is 12.0 Å². The van der Waals surface area contributed by atoms with Crippen LogP contribution in [0.15, 0.2) is 24.8 Å². The summed E-state index contributed by atoms with van der Waals surface area (Å²) < 4.78 is 11.2. The molecule has 1 atom stereocenters. The van der Waals surface area contributed by atoms with Crippen LogP contribution in [0.3, 0.4) is 0 Å². The number of likely N-dealkylation sites (tertiary alicyclic amines) is 1. The molecule has 1 fully saturated rings. The van der Waals surface area contributed by atoms with Crippen molar-refractivity contribution in [3.8, 4) is 0 Å². The molecular weight excluding hydrogens is 454 g/mol. The number of nitrogens with zero attached hydrogens (tertiary/aromatic N) is 2. The number of fused-ring (bicyclic) bond motifs is 1. The normalized spacial score (nSPS) is 18.2. The van der Waals surface area contributed by atoms with E-state index < -0.39 is 11.2 Å². The van der Waals surface area contributed by atoms with Gasteiger partial charge in [-0.2, -0.15) is 0 Å². The van der Waals surface area contributed by atoms with Gasteiger partial charge in [0, 0.05) is 55.1 Å². The number of benzene rings is 1. The number of hydrogen-bond acceptors (Lipinski definition) is 5. The molecule has 0 aliphatic carbocycles. The van der Waals surface area contributed by atoms with Crippen LogP contribution in [-0.4, -0.2) is 71.8 Å². The van der Waals surface area contributed by atoms with Gasteiger partial charge in [-0.05, 0) is 71.7 Å². The van der Waals surface area contributed by atoms with Crippen molar-refractivity contribution in [2.45, 2.75) is 72.1 Å². The summed E-state index contributed by atoms with van der Waals surface area (Å²) in [5.41, 5.74) is 0.748. The van der Waals surface area contributed by atoms with Gasteiger partial charge in [-0.3, -0.25) is 4.79 Å². The Kier molecular flexibility index (Phi) is 8.55. The van der Waals surface area contributed by atoms with Gasteiger partial charge in [0.2, 0.25) is 0 Å². The van der Waals surface area contributed by atoms with Gasteiger partial charge >= 0.3 is 6.09 Å². The SMILES string of the molecule is C=CC(C)(C)OCCNC(=O)c1ccc2c(c1C)=CN(CC1CN(C(=O)OC(C)(C)C)C1)C(C)CC=2. The maximum Gasteiger partial charge on any atom is 0.410 e. The standard InChI is InChI=1S/C29H43N3O4/c1-9-29(7,8)35-15-14-30-26(33)24-13-12-23-11-10-20(2)31(19-25(23)21(24)3)16-22-17-32(18-22)27(34)36-28(4,5)6/h9,11-13,19-20,22H,1,10,14-18H2,2-8H3,(H,30,33). The second-order valence-corrected chi connectivity index (χ2v) is 11.5. The Balaban J connectivity index is 1.67. The van der Waals surface area contributed by atoms with Crippen LogP contribution in [0.5, 0.6) is 0 Å². The number of hydrogen-bond donors (Lipinski definition) is 1. The third-order valence-electron chi connectivity index (χ3n) is 6.76. The predicted molar refractivity (Wildman–Crippen MR) is 144 cm³/mol. The van der Waals surface area contributed by atoms with E-state index in [1.807, 2.05) is 53.7 Å². The molecule has 0 aromatic heterocycles. The van der Waals surface area contributed by atoms with Crippen molar-refractivity contribution in [2.24, 2.45) is 5.92 Å². The second kappa shape index (κ2) is 11.1. The molecule has 2 aliphatic heterocycles. The molecular formula is C29H43N3O4. The van der Waals surface area contributed by atoms with Gasteiger partial charge in [-0.15, -0.1) is 6.58 Å². The van der Waals surface area contributed by atoms with E-state index in [2.05, 4.69) is 36.0 Å². The summed E-state index contributed by atoms with van der Waals surface area (Å²) in [6.07, 6.45) is 6.89. The topological polar surface area (TPSA) is 71.1 Å². The number of ether oxygens (including phenoxy) is 2. The number of nitrogens with one attached hydrogen (secondary N) is 1. The summed E-state index contributed by atoms with van der Waals surface area (Å²) in [6, 6.07) is 4.28. The summed E-state index contributed by atoms with van der Waals surface area (Å²) in [4.78, 5) is 29.4. The molecule has 0 bridgehead atoms. The van der Waals surface area contributed by atoms with Crippen LogP contribution in [0.1, 0.15) is 63.9 Å². The monoisotopic (exact) mass is 497 g/mol. The van der Waals surface area contributed by atoms with E-state index in [4.69, 9.17) is 9.47 Å². The van der Waals surface area contributed by atoms with Crippen molar-refractivity contribution in [1.82, 2.24) is 15.1 Å². The Morgan fingerprint density at radius 3 is 2.53 bits per heavy atom. The van der Waals surface area contributed by atoms with Crippen LogP contribution < -0.4 is 15.8 Å². The minimum Gasteiger partial charge on any atom is -0.444 e. The molecule has 2 aliphatic rings. The number of carbonyl (C=O) groups is 2. The zero-order chi connectivity index (χ0) is 26.7. The molecule has 0 saturated carbocycles. The predicted octanol–water partition coefficient (Wildman–Crippen LogP) is 3.19. The minimum absolute atomic E-state index is 0.0976. The molecule has 1 unspecified atom stereocenters. The largest absolute Gasteiger partial charge is 0.444 e. The average Bonchev–Trinajstić information content (AvgIpc) is 2.91. The van der Waals surface area contributed by atoms with Crippen molar-refractivity contribution in [3.05, 3.63) is 46.4 Å². The van der Waals surface area contributed by atoms with Gasteiger partial charge in [0.1, 0.15) is 5.60 Å². The van der Waals surface area contributed by atoms with Gasteiger partial charge in [0.05, 0.1) is 12.2 Å². The first kappa shape index (κ1) is 27.8. The highest BCUT2D eigenvalue weighted by Crippen LogP contribution is 2.22. The van der Waals surface area contributed by atoms with Gasteiger partial charge in [0.15, 0.2) is 0 Å². The van der Waals surface area contributed by atoms with Crippen molar-refractivity contribution < 1.29 is 19.1 Å². The second-order valence-electron chi connectivity index (χ2n) is 11.5. The average molecular weight is 498 g/mol. The molecule has 198 valence electrons. The molecule has 2 heterocycles. The lowest BCUT2D eigenvalue weighted by Gasteiger charge is -2.42. The van der Waals surface area contributed by atoms with Gasteiger partial charge in [0.25, 0.3) is 5.91 Å². The highest BCUT2D eigenvalue weighted by Gasteiger charge is 2.35. The summed E-state index contributed by atoms with van der Waals surface area (Å²) in [6.45, 7) is 20.7. The van der Waals surface area contributed by atoms with Gasteiger partial charge in [-0.25, -0.2) is 4.79 Å². The van der Waals surface area contributed by atoms with Gasteiger partial charge in [-0.1, -0.05) is 18.2 Å². The molecule has 7 heteroatoms. The number of amides is 2. The quantitative estimate of drug-likeness (QED) is 0.441. The van der Waals surface area contributed by atoms with E-state index >= 15 is 0 Å². The van der Waals surface area contributed by atoms with Crippen LogP contribution in [0.4, 0.5) is 4.79 Å². The fourth-order valence-corrected chi connectivity index (χ4v) is 4.40. The van der Waals surface area contributed by atoms with Crippen LogP contribution >= 0.6 is 0 Å². The summed E-state index contributed by atoms with van der Waals surface area (Å²) >= 11 is 0. The zero-order valence-electron chi connectivity index (χ0n) is 23.0. The Morgan fingerprint density at radius 2 is 1.89 bits per heavy atom. The molecule has 2 amide bonds. The molecule has 1 N–H and O–H groups in total. The summed E-state index contributed by atoms with van der Waals surface area (Å²) in [5, 5.41) is 5.21. The van der Waals surface area contributed by atoms with E-state index in [0.717, 1.165) is 29.0 Å². The molecule has 7 nitrogen and oxygen atoms in total. The Morgan fingerprint density at radius 1 is 1.19 bits per heavy atom. The summed E-state index contributed by atoms with van der Waals surface area (Å²) in [5.74, 6) is 0.295. The van der Waals surface area contributed by atoms with Crippen LogP contribution in [-0.2, 0) is 9.47 Å². The number of carbonyl (C=O) groups excluding carboxylic acids is 2. The first-order valence-corrected chi connectivity index (χ1v) is 12.9. The smallest absolute Gasteiger partial charge is 0.410 e. The molecule has 0 radical (unpaired) electrons. The number of rotatable bonds is 8. The lowest BCUT2D eigenvalue weighted by atomic mass is 9.99. The molecule has 3 rings (SSSR count). The van der Waals surface area contributed by atoms with E-state index in [1.54, 1.807) is 11.0 Å². The van der Waals surface area contributed by atoms with Gasteiger partial charge < -0.3 is 24.6 Å². The first-order chi connectivity index (χ1) is 16.8. The highest BCUT2D eigenvalue weighted by molar-refractivity contribution is 5.95. The Bertz CT molecular complexity index is 1100. The molecule has 1 aromatic carbocycles. The third-order valence-corrected chi connectivity index (χ3v) is 6.76. The van der Waals surface area contributed by atoms with Crippen LogP contribution in [0, 0.1) is 12.8 Å². The van der Waals surface area contributed by atoms with Crippen molar-refractivity contribution >= 4 is 24.3 Å². The minimum atomic E-state index is -0.481. The summed E-state index contributed by atoms with van der Waals surface area (Å²) in [7, 11) is 0. The Labute approximate surface area is 215 Å². The fourth-order valence-electron chi connectivity index (χ4n) is 4.40. The molecule has 0 spiro atoms. The lowest BCUT2D eigenvalue weighted by Crippen LogP contribution is -2.55. The van der Waals surface area contributed by atoms with Crippen molar-refractivity contribution in [2.75, 3.05) is 32.8 Å². The van der Waals surface area contributed by atoms with E-state index in [0.29, 0.717) is 43.8 Å². The maximum absolute atomic E-state index is 12.9. The lowest BCUT2D eigenvalue weighted by molar-refractivity contribution is -0.00469. The van der Waals surface area contributed by atoms with Crippen molar-refractivity contribution in [3.63, 3.8) is 0 Å². The van der Waals surface area contributed by atoms with Crippen LogP contribution in [0.2, 0.25) is 0 Å². The fraction of sp³-hybridized carbons (Fsp3) is 0.586. The van der Waals surface area contributed by atoms with E-state index in [1.165, 1.54) is 0 Å². The van der Waals surface area contributed by atoms with Crippen LogP contribution in [0.25, 0.3) is 12.3 Å². The molecule has 1 saturated heterocycles. The third kappa shape index (κ3) is 7.12. The first-order valence-electron chi connectivity index (χ1n) is 12.9. The molecule has 1 aromatic rings. The van der Waals surface area contributed by atoms with Crippen molar-refractivity contribution in [1.29, 1.82) is 0 Å². The highest BCUT2D eigenvalue weighted by atomic mass is 16.6. The molecule has 36 heavy (non-hydrogen) atoms. The zero-order valence-corrected chi connectivity index (χ0v) is 23.0. The van der Waals surface area contributed by atoms with E-state index in [9.17, 15) is 9.59 Å². The maximum atomic E-state index is 12.9.